The van der Waals surface area contributed by atoms with Crippen molar-refractivity contribution in [2.45, 2.75) is 6.42 Å². The molecule has 0 aliphatic carbocycles. The third-order valence-corrected chi connectivity index (χ3v) is 4.35. The van der Waals surface area contributed by atoms with Crippen molar-refractivity contribution in [3.05, 3.63) is 93.5 Å². The first-order valence-electron chi connectivity index (χ1n) is 9.26. The van der Waals surface area contributed by atoms with Gasteiger partial charge in [0, 0.05) is 24.1 Å². The molecule has 1 N–H and O–H groups in total. The highest BCUT2D eigenvalue weighted by molar-refractivity contribution is 6.32. The number of non-ortho nitro benzene ring substituents is 1. The van der Waals surface area contributed by atoms with E-state index in [1.54, 1.807) is 24.4 Å². The van der Waals surface area contributed by atoms with Gasteiger partial charge in [0.25, 0.3) is 5.69 Å². The van der Waals surface area contributed by atoms with E-state index in [1.807, 2.05) is 42.5 Å². The van der Waals surface area contributed by atoms with Crippen molar-refractivity contribution < 1.29 is 14.4 Å². The molecule has 154 valence electrons. The second-order valence-electron chi connectivity index (χ2n) is 6.19. The minimum atomic E-state index is -0.444. The molecule has 0 heterocycles. The summed E-state index contributed by atoms with van der Waals surface area (Å²) >= 11 is 6.06. The first kappa shape index (κ1) is 21.1. The third-order valence-electron chi connectivity index (χ3n) is 4.03. The van der Waals surface area contributed by atoms with Crippen molar-refractivity contribution in [3.8, 4) is 11.5 Å². The zero-order chi connectivity index (χ0) is 21.2. The predicted molar refractivity (Wildman–Crippen MR) is 118 cm³/mol. The second kappa shape index (κ2) is 10.8. The van der Waals surface area contributed by atoms with Gasteiger partial charge in [-0.25, -0.2) is 0 Å². The Morgan fingerprint density at radius 3 is 2.27 bits per heavy atom. The summed E-state index contributed by atoms with van der Waals surface area (Å²) in [6, 6.07) is 20.9. The molecule has 0 aliphatic heterocycles. The normalized spacial score (nSPS) is 10.7. The van der Waals surface area contributed by atoms with E-state index >= 15 is 0 Å². The fraction of sp³-hybridized carbons (Fsp3) is 0.136. The van der Waals surface area contributed by atoms with Crippen molar-refractivity contribution in [2.75, 3.05) is 18.6 Å². The van der Waals surface area contributed by atoms with Crippen LogP contribution >= 0.6 is 11.6 Å². The van der Waals surface area contributed by atoms with Crippen LogP contribution in [0.2, 0.25) is 5.02 Å². The summed E-state index contributed by atoms with van der Waals surface area (Å²) in [5, 5.41) is 15.5. The number of hydrazone groups is 1. The molecule has 0 amide bonds. The molecule has 0 aromatic heterocycles. The molecular weight excluding hydrogens is 406 g/mol. The van der Waals surface area contributed by atoms with E-state index < -0.39 is 4.92 Å². The monoisotopic (exact) mass is 425 g/mol. The molecule has 0 unspecified atom stereocenters. The number of hydrogen-bond donors (Lipinski definition) is 1. The molecule has 3 aromatic carbocycles. The first-order chi connectivity index (χ1) is 14.6. The molecule has 8 heteroatoms. The van der Waals surface area contributed by atoms with E-state index in [4.69, 9.17) is 21.1 Å². The Kier molecular flexibility index (Phi) is 7.63. The number of hydrogen-bond acceptors (Lipinski definition) is 6. The molecule has 0 fully saturated rings. The van der Waals surface area contributed by atoms with Gasteiger partial charge in [-0.05, 0) is 36.4 Å². The molecule has 3 rings (SSSR count). The maximum Gasteiger partial charge on any atom is 0.269 e. The molecule has 7 nitrogen and oxygen atoms in total. The summed E-state index contributed by atoms with van der Waals surface area (Å²) < 4.78 is 11.5. The Balaban J connectivity index is 1.48. The number of benzene rings is 3. The van der Waals surface area contributed by atoms with Crippen LogP contribution in [0.1, 0.15) is 12.0 Å². The van der Waals surface area contributed by atoms with Gasteiger partial charge >= 0.3 is 0 Å². The highest BCUT2D eigenvalue weighted by atomic mass is 35.5. The number of halogens is 1. The van der Waals surface area contributed by atoms with Gasteiger partial charge < -0.3 is 9.47 Å². The first-order valence-corrected chi connectivity index (χ1v) is 9.64. The third kappa shape index (κ3) is 6.22. The van der Waals surface area contributed by atoms with Crippen LogP contribution < -0.4 is 14.9 Å². The lowest BCUT2D eigenvalue weighted by Crippen LogP contribution is -2.06. The lowest BCUT2D eigenvalue weighted by Gasteiger charge is -2.10. The number of nitrogens with one attached hydrogen (secondary N) is 1. The van der Waals surface area contributed by atoms with Gasteiger partial charge in [0.05, 0.1) is 35.1 Å². The van der Waals surface area contributed by atoms with Crippen molar-refractivity contribution in [1.29, 1.82) is 0 Å². The molecular formula is C22H20ClN3O4. The summed E-state index contributed by atoms with van der Waals surface area (Å²) in [6.07, 6.45) is 2.33. The Hall–Kier alpha value is -3.58. The molecule has 30 heavy (non-hydrogen) atoms. The van der Waals surface area contributed by atoms with Crippen molar-refractivity contribution >= 4 is 29.2 Å². The minimum Gasteiger partial charge on any atom is -0.493 e. The van der Waals surface area contributed by atoms with Crippen LogP contribution in [0, 0.1) is 10.1 Å². The van der Waals surface area contributed by atoms with E-state index in [9.17, 15) is 10.1 Å². The quantitative estimate of drug-likeness (QED) is 0.199. The molecule has 0 bridgehead atoms. The van der Waals surface area contributed by atoms with Gasteiger partial charge in [0.1, 0.15) is 11.5 Å². The largest absolute Gasteiger partial charge is 0.493 e. The zero-order valence-corrected chi connectivity index (χ0v) is 16.8. The van der Waals surface area contributed by atoms with Crippen LogP contribution in [-0.4, -0.2) is 24.4 Å². The highest BCUT2D eigenvalue weighted by Gasteiger charge is 2.04. The number of ether oxygens (including phenoxy) is 2. The second-order valence-corrected chi connectivity index (χ2v) is 6.60. The fourth-order valence-electron chi connectivity index (χ4n) is 2.54. The molecule has 0 aliphatic rings. The van der Waals surface area contributed by atoms with Gasteiger partial charge in [0.2, 0.25) is 0 Å². The highest BCUT2D eigenvalue weighted by Crippen LogP contribution is 2.23. The van der Waals surface area contributed by atoms with Crippen molar-refractivity contribution in [2.24, 2.45) is 5.10 Å². The Bertz CT molecular complexity index is 1010. The van der Waals surface area contributed by atoms with E-state index in [-0.39, 0.29) is 5.69 Å². The molecule has 3 aromatic rings. The molecule has 0 saturated carbocycles. The SMILES string of the molecule is O=[N+]([O-])c1ccc(N/N=C\c2ccccc2OCCCOc2ccccc2Cl)cc1. The van der Waals surface area contributed by atoms with Crippen LogP contribution in [0.3, 0.4) is 0 Å². The lowest BCUT2D eigenvalue weighted by molar-refractivity contribution is -0.384. The summed E-state index contributed by atoms with van der Waals surface area (Å²) in [5.41, 5.74) is 4.32. The Labute approximate surface area is 179 Å². The number of nitro groups is 1. The van der Waals surface area contributed by atoms with Crippen LogP contribution in [0.4, 0.5) is 11.4 Å². The maximum atomic E-state index is 10.7. The Morgan fingerprint density at radius 2 is 1.57 bits per heavy atom. The lowest BCUT2D eigenvalue weighted by atomic mass is 10.2. The number of anilines is 1. The van der Waals surface area contributed by atoms with Gasteiger partial charge in [-0.2, -0.15) is 5.10 Å². The standard InChI is InChI=1S/C22H20ClN3O4/c23-20-7-2-4-9-22(20)30-15-5-14-29-21-8-3-1-6-17(21)16-24-25-18-10-12-19(13-11-18)26(27)28/h1-4,6-13,16,25H,5,14-15H2/b24-16-. The smallest absolute Gasteiger partial charge is 0.269 e. The van der Waals surface area contributed by atoms with Gasteiger partial charge in [-0.1, -0.05) is 35.9 Å². The van der Waals surface area contributed by atoms with Crippen molar-refractivity contribution in [3.63, 3.8) is 0 Å². The summed E-state index contributed by atoms with van der Waals surface area (Å²) in [5.74, 6) is 1.36. The summed E-state index contributed by atoms with van der Waals surface area (Å²) in [6.45, 7) is 0.965. The number of nitrogens with zero attached hydrogens (tertiary/aromatic N) is 2. The molecule has 0 spiro atoms. The van der Waals surface area contributed by atoms with Crippen LogP contribution in [-0.2, 0) is 0 Å². The fourth-order valence-corrected chi connectivity index (χ4v) is 2.73. The molecule has 0 radical (unpaired) electrons. The number of nitro benzene ring substituents is 1. The summed E-state index contributed by atoms with van der Waals surface area (Å²) in [4.78, 5) is 10.2. The number of para-hydroxylation sites is 2. The van der Waals surface area contributed by atoms with E-state index in [0.29, 0.717) is 41.8 Å². The maximum absolute atomic E-state index is 10.7. The average molecular weight is 426 g/mol. The van der Waals surface area contributed by atoms with E-state index in [1.165, 1.54) is 12.1 Å². The van der Waals surface area contributed by atoms with Gasteiger partial charge in [-0.3, -0.25) is 15.5 Å². The van der Waals surface area contributed by atoms with Gasteiger partial charge in [-0.15, -0.1) is 0 Å². The zero-order valence-electron chi connectivity index (χ0n) is 16.0. The number of rotatable bonds is 10. The van der Waals surface area contributed by atoms with Crippen LogP contribution in [0.25, 0.3) is 0 Å². The molecule has 0 atom stereocenters. The predicted octanol–water partition coefficient (Wildman–Crippen LogP) is 5.54. The summed E-state index contributed by atoms with van der Waals surface area (Å²) in [7, 11) is 0. The topological polar surface area (TPSA) is 86.0 Å². The van der Waals surface area contributed by atoms with Crippen LogP contribution in [0.15, 0.2) is 77.9 Å². The van der Waals surface area contributed by atoms with Crippen molar-refractivity contribution in [1.82, 2.24) is 0 Å². The van der Waals surface area contributed by atoms with Crippen LogP contribution in [0.5, 0.6) is 11.5 Å². The van der Waals surface area contributed by atoms with E-state index in [2.05, 4.69) is 10.5 Å². The van der Waals surface area contributed by atoms with Gasteiger partial charge in [0.15, 0.2) is 0 Å². The molecule has 0 saturated heterocycles. The minimum absolute atomic E-state index is 0.0294. The Morgan fingerprint density at radius 1 is 0.933 bits per heavy atom. The van der Waals surface area contributed by atoms with E-state index in [0.717, 1.165) is 5.56 Å². The average Bonchev–Trinajstić information content (AvgIpc) is 2.76.